The predicted molar refractivity (Wildman–Crippen MR) is 124 cm³/mol. The first kappa shape index (κ1) is 23.0. The third-order valence-corrected chi connectivity index (χ3v) is 7.14. The van der Waals surface area contributed by atoms with E-state index in [0.29, 0.717) is 24.4 Å². The van der Waals surface area contributed by atoms with Crippen LogP contribution in [-0.4, -0.2) is 42.3 Å². The second-order valence-electron chi connectivity index (χ2n) is 8.04. The normalized spacial score (nSPS) is 12.1. The SMILES string of the molecule is CCn1c(CCC(=O)Nc2ccc(C(C)C)cc2)nc2cc(S(=O)(=O)N(C)C)ccc21. The molecule has 1 heterocycles. The van der Waals surface area contributed by atoms with Crippen molar-refractivity contribution in [2.24, 2.45) is 0 Å². The number of amides is 1. The summed E-state index contributed by atoms with van der Waals surface area (Å²) in [6.07, 6.45) is 0.756. The summed E-state index contributed by atoms with van der Waals surface area (Å²) in [6, 6.07) is 12.9. The number of aromatic nitrogens is 2. The second-order valence-corrected chi connectivity index (χ2v) is 10.2. The second kappa shape index (κ2) is 9.20. The number of hydrogen-bond acceptors (Lipinski definition) is 4. The average Bonchev–Trinajstić information content (AvgIpc) is 3.09. The molecule has 0 saturated carbocycles. The number of nitrogens with zero attached hydrogens (tertiary/aromatic N) is 3. The Morgan fingerprint density at radius 1 is 1.13 bits per heavy atom. The van der Waals surface area contributed by atoms with Crippen LogP contribution in [0.1, 0.15) is 44.5 Å². The van der Waals surface area contributed by atoms with Crippen LogP contribution in [0.5, 0.6) is 0 Å². The number of nitrogens with one attached hydrogen (secondary N) is 1. The molecule has 0 aliphatic heterocycles. The number of anilines is 1. The minimum Gasteiger partial charge on any atom is -0.328 e. The van der Waals surface area contributed by atoms with Crippen molar-refractivity contribution < 1.29 is 13.2 Å². The van der Waals surface area contributed by atoms with Crippen LogP contribution in [-0.2, 0) is 27.8 Å². The molecule has 0 atom stereocenters. The molecule has 0 fully saturated rings. The van der Waals surface area contributed by atoms with Gasteiger partial charge in [0, 0.05) is 39.2 Å². The van der Waals surface area contributed by atoms with Gasteiger partial charge in [0.05, 0.1) is 15.9 Å². The van der Waals surface area contributed by atoms with Crippen molar-refractivity contribution in [1.29, 1.82) is 0 Å². The highest BCUT2D eigenvalue weighted by Gasteiger charge is 2.19. The summed E-state index contributed by atoms with van der Waals surface area (Å²) in [7, 11) is -0.519. The highest BCUT2D eigenvalue weighted by molar-refractivity contribution is 7.89. The molecule has 2 aromatic carbocycles. The van der Waals surface area contributed by atoms with Crippen LogP contribution >= 0.6 is 0 Å². The van der Waals surface area contributed by atoms with E-state index in [4.69, 9.17) is 0 Å². The highest BCUT2D eigenvalue weighted by atomic mass is 32.2. The molecule has 0 aliphatic rings. The predicted octanol–water partition coefficient (Wildman–Crippen LogP) is 4.00. The number of carbonyl (C=O) groups excluding carboxylic acids is 1. The van der Waals surface area contributed by atoms with Gasteiger partial charge in [-0.3, -0.25) is 4.79 Å². The summed E-state index contributed by atoms with van der Waals surface area (Å²) < 4.78 is 28.0. The Morgan fingerprint density at radius 2 is 1.81 bits per heavy atom. The zero-order valence-electron chi connectivity index (χ0n) is 18.7. The number of sulfonamides is 1. The Bertz CT molecular complexity index is 1180. The van der Waals surface area contributed by atoms with Gasteiger partial charge >= 0.3 is 0 Å². The van der Waals surface area contributed by atoms with Crippen LogP contribution < -0.4 is 5.32 Å². The number of benzene rings is 2. The first-order valence-electron chi connectivity index (χ1n) is 10.4. The maximum Gasteiger partial charge on any atom is 0.242 e. The fraction of sp³-hybridized carbons (Fsp3) is 0.391. The lowest BCUT2D eigenvalue weighted by Gasteiger charge is -2.11. The van der Waals surface area contributed by atoms with E-state index in [1.165, 1.54) is 24.0 Å². The Kier molecular flexibility index (Phi) is 6.81. The summed E-state index contributed by atoms with van der Waals surface area (Å²) in [5, 5.41) is 2.93. The van der Waals surface area contributed by atoms with Gasteiger partial charge in [-0.25, -0.2) is 17.7 Å². The molecule has 0 unspecified atom stereocenters. The molecule has 0 radical (unpaired) electrons. The first-order valence-corrected chi connectivity index (χ1v) is 11.9. The molecule has 1 amide bonds. The highest BCUT2D eigenvalue weighted by Crippen LogP contribution is 2.23. The van der Waals surface area contributed by atoms with Crippen molar-refractivity contribution in [2.75, 3.05) is 19.4 Å². The van der Waals surface area contributed by atoms with E-state index >= 15 is 0 Å². The molecular formula is C23H30N4O3S. The lowest BCUT2D eigenvalue weighted by Crippen LogP contribution is -2.22. The lowest BCUT2D eigenvalue weighted by atomic mass is 10.0. The van der Waals surface area contributed by atoms with E-state index in [0.717, 1.165) is 17.0 Å². The van der Waals surface area contributed by atoms with E-state index < -0.39 is 10.0 Å². The fourth-order valence-corrected chi connectivity index (χ4v) is 4.40. The van der Waals surface area contributed by atoms with Crippen molar-refractivity contribution in [3.8, 4) is 0 Å². The van der Waals surface area contributed by atoms with Gasteiger partial charge < -0.3 is 9.88 Å². The topological polar surface area (TPSA) is 84.3 Å². The van der Waals surface area contributed by atoms with Gasteiger partial charge in [-0.15, -0.1) is 0 Å². The van der Waals surface area contributed by atoms with Crippen molar-refractivity contribution >= 4 is 32.7 Å². The molecule has 0 bridgehead atoms. The minimum atomic E-state index is -3.53. The van der Waals surface area contributed by atoms with Crippen LogP contribution in [0.25, 0.3) is 11.0 Å². The van der Waals surface area contributed by atoms with Crippen molar-refractivity contribution in [3.05, 3.63) is 53.9 Å². The number of imidazole rings is 1. The van der Waals surface area contributed by atoms with Gasteiger partial charge in [0.25, 0.3) is 0 Å². The van der Waals surface area contributed by atoms with Gasteiger partial charge in [-0.1, -0.05) is 26.0 Å². The van der Waals surface area contributed by atoms with Crippen molar-refractivity contribution in [3.63, 3.8) is 0 Å². The molecule has 166 valence electrons. The zero-order valence-corrected chi connectivity index (χ0v) is 19.5. The number of carbonyl (C=O) groups is 1. The van der Waals surface area contributed by atoms with Crippen molar-refractivity contribution in [1.82, 2.24) is 13.9 Å². The van der Waals surface area contributed by atoms with Crippen LogP contribution in [0, 0.1) is 0 Å². The average molecular weight is 443 g/mol. The van der Waals surface area contributed by atoms with Gasteiger partial charge in [-0.05, 0) is 48.7 Å². The summed E-state index contributed by atoms with van der Waals surface area (Å²) >= 11 is 0. The van der Waals surface area contributed by atoms with Crippen LogP contribution in [0.15, 0.2) is 47.4 Å². The van der Waals surface area contributed by atoms with E-state index in [2.05, 4.69) is 24.1 Å². The van der Waals surface area contributed by atoms with E-state index in [1.807, 2.05) is 35.8 Å². The molecule has 3 aromatic rings. The van der Waals surface area contributed by atoms with Gasteiger partial charge in [0.15, 0.2) is 0 Å². The van der Waals surface area contributed by atoms with E-state index in [1.54, 1.807) is 18.2 Å². The molecule has 31 heavy (non-hydrogen) atoms. The van der Waals surface area contributed by atoms with Crippen LogP contribution in [0.2, 0.25) is 0 Å². The molecule has 7 nitrogen and oxygen atoms in total. The quantitative estimate of drug-likeness (QED) is 0.571. The maximum atomic E-state index is 12.4. The molecule has 1 aromatic heterocycles. The Hall–Kier alpha value is -2.71. The van der Waals surface area contributed by atoms with Crippen molar-refractivity contribution in [2.45, 2.75) is 51.0 Å². The molecule has 0 saturated heterocycles. The van der Waals surface area contributed by atoms with Crippen LogP contribution in [0.3, 0.4) is 0 Å². The molecule has 0 spiro atoms. The molecule has 1 N–H and O–H groups in total. The lowest BCUT2D eigenvalue weighted by molar-refractivity contribution is -0.116. The van der Waals surface area contributed by atoms with E-state index in [-0.39, 0.29) is 17.2 Å². The number of hydrogen-bond donors (Lipinski definition) is 1. The third kappa shape index (κ3) is 4.97. The van der Waals surface area contributed by atoms with Gasteiger partial charge in [0.1, 0.15) is 5.82 Å². The van der Waals surface area contributed by atoms with Gasteiger partial charge in [-0.2, -0.15) is 0 Å². The minimum absolute atomic E-state index is 0.0807. The Labute approximate surface area is 184 Å². The Balaban J connectivity index is 1.75. The first-order chi connectivity index (χ1) is 14.6. The zero-order chi connectivity index (χ0) is 22.8. The number of fused-ring (bicyclic) bond motifs is 1. The Morgan fingerprint density at radius 3 is 2.39 bits per heavy atom. The van der Waals surface area contributed by atoms with E-state index in [9.17, 15) is 13.2 Å². The number of rotatable bonds is 8. The summed E-state index contributed by atoms with van der Waals surface area (Å²) in [6.45, 7) is 6.95. The van der Waals surface area contributed by atoms with Gasteiger partial charge in [0.2, 0.25) is 15.9 Å². The summed E-state index contributed by atoms with van der Waals surface area (Å²) in [5.74, 6) is 1.13. The standard InChI is InChI=1S/C23H30N4O3S/c1-6-27-21-12-11-19(31(29,30)26(4)5)15-20(21)25-22(27)13-14-23(28)24-18-9-7-17(8-10-18)16(2)3/h7-12,15-16H,6,13-14H2,1-5H3,(H,24,28). The third-order valence-electron chi connectivity index (χ3n) is 5.33. The number of aryl methyl sites for hydroxylation is 2. The fourth-order valence-electron chi connectivity index (χ4n) is 3.47. The monoisotopic (exact) mass is 442 g/mol. The maximum absolute atomic E-state index is 12.4. The molecular weight excluding hydrogens is 412 g/mol. The largest absolute Gasteiger partial charge is 0.328 e. The summed E-state index contributed by atoms with van der Waals surface area (Å²) in [4.78, 5) is 17.3. The smallest absolute Gasteiger partial charge is 0.242 e. The molecule has 0 aliphatic carbocycles. The summed E-state index contributed by atoms with van der Waals surface area (Å²) in [5.41, 5.74) is 3.48. The van der Waals surface area contributed by atoms with Crippen LogP contribution in [0.4, 0.5) is 5.69 Å². The molecule has 8 heteroatoms. The molecule has 3 rings (SSSR count).